The number of hydrogen-bond acceptors (Lipinski definition) is 4. The molecule has 0 aliphatic rings. The van der Waals surface area contributed by atoms with Crippen molar-refractivity contribution in [2.75, 3.05) is 6.61 Å². The fraction of sp³-hybridized carbons (Fsp3) is 0.364. The number of ketones is 1. The van der Waals surface area contributed by atoms with Gasteiger partial charge in [-0.25, -0.2) is 8.78 Å². The second kappa shape index (κ2) is 5.52. The SMILES string of the molecule is CCOc1c(C(F)F)cc(C(C)=O)cc1[N+](=O)[O-]. The van der Waals surface area contributed by atoms with E-state index in [4.69, 9.17) is 4.74 Å². The lowest BCUT2D eigenvalue weighted by atomic mass is 10.1. The Hall–Kier alpha value is -2.05. The van der Waals surface area contributed by atoms with Gasteiger partial charge in [-0.05, 0) is 19.9 Å². The fourth-order valence-electron chi connectivity index (χ4n) is 1.44. The highest BCUT2D eigenvalue weighted by molar-refractivity contribution is 5.95. The first-order valence-corrected chi connectivity index (χ1v) is 5.12. The van der Waals surface area contributed by atoms with Crippen LogP contribution < -0.4 is 4.74 Å². The second-order valence-corrected chi connectivity index (χ2v) is 3.46. The number of carbonyl (C=O) groups is 1. The molecule has 0 saturated heterocycles. The van der Waals surface area contributed by atoms with E-state index in [9.17, 15) is 23.7 Å². The summed E-state index contributed by atoms with van der Waals surface area (Å²) < 4.78 is 30.5. The van der Waals surface area contributed by atoms with Crippen molar-refractivity contribution in [1.82, 2.24) is 0 Å². The number of nitrogens with zero attached hydrogens (tertiary/aromatic N) is 1. The summed E-state index contributed by atoms with van der Waals surface area (Å²) in [5.74, 6) is -1.01. The van der Waals surface area contributed by atoms with Gasteiger partial charge in [0.25, 0.3) is 6.43 Å². The molecule has 0 fully saturated rings. The number of rotatable bonds is 5. The van der Waals surface area contributed by atoms with E-state index in [-0.39, 0.29) is 12.2 Å². The van der Waals surface area contributed by atoms with Gasteiger partial charge in [0.2, 0.25) is 5.75 Å². The van der Waals surface area contributed by atoms with Crippen LogP contribution in [0.1, 0.15) is 36.2 Å². The van der Waals surface area contributed by atoms with Crippen LogP contribution in [-0.2, 0) is 0 Å². The number of Topliss-reactive ketones (excluding diaryl/α,β-unsaturated/α-hetero) is 1. The minimum absolute atomic E-state index is 0.0139. The van der Waals surface area contributed by atoms with Gasteiger partial charge < -0.3 is 4.74 Å². The van der Waals surface area contributed by atoms with Gasteiger partial charge in [0.1, 0.15) is 0 Å². The Morgan fingerprint density at radius 1 is 1.50 bits per heavy atom. The van der Waals surface area contributed by atoms with Crippen molar-refractivity contribution in [3.05, 3.63) is 33.4 Å². The molecule has 0 atom stereocenters. The van der Waals surface area contributed by atoms with Crippen LogP contribution in [0.4, 0.5) is 14.5 Å². The van der Waals surface area contributed by atoms with Gasteiger partial charge in [-0.1, -0.05) is 0 Å². The summed E-state index contributed by atoms with van der Waals surface area (Å²) in [5, 5.41) is 10.8. The smallest absolute Gasteiger partial charge is 0.312 e. The lowest BCUT2D eigenvalue weighted by Crippen LogP contribution is -2.05. The maximum atomic E-state index is 12.8. The third-order valence-electron chi connectivity index (χ3n) is 2.23. The first-order chi connectivity index (χ1) is 8.38. The van der Waals surface area contributed by atoms with Crippen molar-refractivity contribution in [3.8, 4) is 5.75 Å². The molecule has 0 aromatic heterocycles. The summed E-state index contributed by atoms with van der Waals surface area (Å²) in [7, 11) is 0. The summed E-state index contributed by atoms with van der Waals surface area (Å²) in [6.45, 7) is 2.69. The van der Waals surface area contributed by atoms with Crippen molar-refractivity contribution < 1.29 is 23.2 Å². The molecule has 98 valence electrons. The number of nitro benzene ring substituents is 1. The zero-order valence-electron chi connectivity index (χ0n) is 9.78. The summed E-state index contributed by atoms with van der Waals surface area (Å²) in [4.78, 5) is 21.1. The van der Waals surface area contributed by atoms with Gasteiger partial charge in [-0.15, -0.1) is 0 Å². The van der Waals surface area contributed by atoms with E-state index in [2.05, 4.69) is 0 Å². The Bertz CT molecular complexity index is 488. The molecular weight excluding hydrogens is 248 g/mol. The molecule has 0 saturated carbocycles. The minimum Gasteiger partial charge on any atom is -0.487 e. The van der Waals surface area contributed by atoms with Crippen LogP contribution in [0.25, 0.3) is 0 Å². The van der Waals surface area contributed by atoms with E-state index in [1.165, 1.54) is 6.92 Å². The largest absolute Gasteiger partial charge is 0.487 e. The molecule has 1 aromatic carbocycles. The molecule has 0 aliphatic heterocycles. The quantitative estimate of drug-likeness (QED) is 0.462. The molecule has 1 rings (SSSR count). The highest BCUT2D eigenvalue weighted by Gasteiger charge is 2.26. The molecule has 0 bridgehead atoms. The average molecular weight is 259 g/mol. The first-order valence-electron chi connectivity index (χ1n) is 5.12. The number of hydrogen-bond donors (Lipinski definition) is 0. The monoisotopic (exact) mass is 259 g/mol. The van der Waals surface area contributed by atoms with Crippen molar-refractivity contribution in [1.29, 1.82) is 0 Å². The van der Waals surface area contributed by atoms with Gasteiger partial charge in [0.05, 0.1) is 17.1 Å². The van der Waals surface area contributed by atoms with Crippen LogP contribution in [0, 0.1) is 10.1 Å². The first kappa shape index (κ1) is 14.0. The second-order valence-electron chi connectivity index (χ2n) is 3.46. The van der Waals surface area contributed by atoms with Gasteiger partial charge in [-0.2, -0.15) is 0 Å². The Kier molecular flexibility index (Phi) is 4.30. The topological polar surface area (TPSA) is 69.4 Å². The molecule has 0 heterocycles. The summed E-state index contributed by atoms with van der Waals surface area (Å²) in [6, 6.07) is 1.87. The Morgan fingerprint density at radius 3 is 2.50 bits per heavy atom. The molecule has 0 unspecified atom stereocenters. The van der Waals surface area contributed by atoms with E-state index in [0.717, 1.165) is 19.1 Å². The van der Waals surface area contributed by atoms with E-state index in [1.54, 1.807) is 0 Å². The van der Waals surface area contributed by atoms with Crippen molar-refractivity contribution in [2.24, 2.45) is 0 Å². The number of alkyl halides is 2. The van der Waals surface area contributed by atoms with Crippen LogP contribution in [0.5, 0.6) is 5.75 Å². The van der Waals surface area contributed by atoms with Crippen LogP contribution in [0.15, 0.2) is 12.1 Å². The average Bonchev–Trinajstić information content (AvgIpc) is 2.28. The van der Waals surface area contributed by atoms with Crippen LogP contribution in [-0.4, -0.2) is 17.3 Å². The third kappa shape index (κ3) is 2.79. The third-order valence-corrected chi connectivity index (χ3v) is 2.23. The lowest BCUT2D eigenvalue weighted by molar-refractivity contribution is -0.386. The van der Waals surface area contributed by atoms with Crippen LogP contribution >= 0.6 is 0 Å². The summed E-state index contributed by atoms with van der Waals surface area (Å²) in [6.07, 6.45) is -2.95. The predicted octanol–water partition coefficient (Wildman–Crippen LogP) is 3.13. The molecular formula is C11H11F2NO4. The molecule has 7 heteroatoms. The van der Waals surface area contributed by atoms with E-state index in [0.29, 0.717) is 0 Å². The van der Waals surface area contributed by atoms with Crippen molar-refractivity contribution in [3.63, 3.8) is 0 Å². The highest BCUT2D eigenvalue weighted by atomic mass is 19.3. The number of nitro groups is 1. The zero-order valence-corrected chi connectivity index (χ0v) is 9.78. The van der Waals surface area contributed by atoms with Gasteiger partial charge >= 0.3 is 5.69 Å². The van der Waals surface area contributed by atoms with Gasteiger partial charge in [0, 0.05) is 11.6 Å². The predicted molar refractivity (Wildman–Crippen MR) is 59.2 cm³/mol. The Balaban J connectivity index is 3.54. The number of halogens is 2. The van der Waals surface area contributed by atoms with E-state index >= 15 is 0 Å². The minimum atomic E-state index is -2.95. The van der Waals surface area contributed by atoms with E-state index in [1.807, 2.05) is 0 Å². The van der Waals surface area contributed by atoms with Crippen LogP contribution in [0.3, 0.4) is 0 Å². The summed E-state index contributed by atoms with van der Waals surface area (Å²) in [5.41, 5.74) is -1.41. The molecule has 5 nitrogen and oxygen atoms in total. The molecule has 0 amide bonds. The maximum Gasteiger partial charge on any atom is 0.312 e. The number of carbonyl (C=O) groups excluding carboxylic acids is 1. The molecule has 0 spiro atoms. The number of ether oxygens (including phenoxy) is 1. The standard InChI is InChI=1S/C11H11F2NO4/c1-3-18-10-8(11(12)13)4-7(6(2)15)5-9(10)14(16)17/h4-5,11H,3H2,1-2H3. The molecule has 1 aromatic rings. The van der Waals surface area contributed by atoms with Gasteiger partial charge in [0.15, 0.2) is 5.78 Å². The maximum absolute atomic E-state index is 12.8. The van der Waals surface area contributed by atoms with Crippen molar-refractivity contribution >= 4 is 11.5 Å². The lowest BCUT2D eigenvalue weighted by Gasteiger charge is -2.11. The Morgan fingerprint density at radius 2 is 2.11 bits per heavy atom. The summed E-state index contributed by atoms with van der Waals surface area (Å²) >= 11 is 0. The molecule has 0 aliphatic carbocycles. The number of benzene rings is 1. The Labute approximate surface area is 102 Å². The molecule has 0 N–H and O–H groups in total. The van der Waals surface area contributed by atoms with Gasteiger partial charge in [-0.3, -0.25) is 14.9 Å². The normalized spacial score (nSPS) is 10.5. The highest BCUT2D eigenvalue weighted by Crippen LogP contribution is 2.38. The van der Waals surface area contributed by atoms with E-state index < -0.39 is 34.1 Å². The molecule has 0 radical (unpaired) electrons. The fourth-order valence-corrected chi connectivity index (χ4v) is 1.44. The van der Waals surface area contributed by atoms with Crippen LogP contribution in [0.2, 0.25) is 0 Å². The zero-order chi connectivity index (χ0) is 13.9. The molecule has 18 heavy (non-hydrogen) atoms. The van der Waals surface area contributed by atoms with Crippen molar-refractivity contribution in [2.45, 2.75) is 20.3 Å².